The van der Waals surface area contributed by atoms with Crippen LogP contribution in [0.25, 0.3) is 10.8 Å². The molecule has 2 unspecified atom stereocenters. The van der Waals surface area contributed by atoms with Gasteiger partial charge in [0.15, 0.2) is 0 Å². The van der Waals surface area contributed by atoms with Gasteiger partial charge in [0.1, 0.15) is 18.0 Å². The van der Waals surface area contributed by atoms with E-state index in [9.17, 15) is 14.3 Å². The lowest BCUT2D eigenvalue weighted by molar-refractivity contribution is 0.266. The highest BCUT2D eigenvalue weighted by molar-refractivity contribution is 5.97. The molecule has 3 heterocycles. The molecule has 9 nitrogen and oxygen atoms in total. The number of nitrogens with zero attached hydrogens (tertiary/aromatic N) is 5. The number of aliphatic imine (C=N–C) groups is 1. The van der Waals surface area contributed by atoms with Crippen LogP contribution in [-0.4, -0.2) is 49.9 Å². The maximum atomic E-state index is 14.3. The van der Waals surface area contributed by atoms with E-state index in [0.29, 0.717) is 22.6 Å². The second-order valence-electron chi connectivity index (χ2n) is 7.90. The zero-order valence-corrected chi connectivity index (χ0v) is 17.9. The molecule has 0 saturated carbocycles. The lowest BCUT2D eigenvalue weighted by Gasteiger charge is -2.24. The molecule has 0 fully saturated rings. The quantitative estimate of drug-likeness (QED) is 0.416. The van der Waals surface area contributed by atoms with E-state index in [1.165, 1.54) is 18.5 Å². The maximum absolute atomic E-state index is 14.3. The summed E-state index contributed by atoms with van der Waals surface area (Å²) < 4.78 is 15.9. The number of aromatic amines is 1. The standard InChI is InChI=1S/C23H22FN7O2/c1-25-10-13-2-4-14(5-3-13)17-11-26-18-9-15(24)8-16-19(18)21(29-30-23(16)33)20(17)22-27-12-28-31(22)6-7-32/h2-5,8-9,11-12,17,20,25,32H,6-7,10H2,1H3,(H,30,33). The summed E-state index contributed by atoms with van der Waals surface area (Å²) in [5.41, 5.74) is 2.45. The molecule has 33 heavy (non-hydrogen) atoms. The van der Waals surface area contributed by atoms with E-state index >= 15 is 0 Å². The minimum absolute atomic E-state index is 0.114. The molecule has 0 saturated heterocycles. The van der Waals surface area contributed by atoms with E-state index in [-0.39, 0.29) is 24.5 Å². The van der Waals surface area contributed by atoms with Crippen molar-refractivity contribution in [3.8, 4) is 0 Å². The Morgan fingerprint density at radius 2 is 2.06 bits per heavy atom. The molecule has 2 aromatic heterocycles. The Morgan fingerprint density at radius 1 is 1.24 bits per heavy atom. The summed E-state index contributed by atoms with van der Waals surface area (Å²) >= 11 is 0. The van der Waals surface area contributed by atoms with Crippen molar-refractivity contribution >= 4 is 22.7 Å². The summed E-state index contributed by atoms with van der Waals surface area (Å²) in [4.78, 5) is 21.6. The number of benzene rings is 2. The molecule has 1 aliphatic heterocycles. The fourth-order valence-electron chi connectivity index (χ4n) is 4.42. The van der Waals surface area contributed by atoms with E-state index < -0.39 is 17.3 Å². The van der Waals surface area contributed by atoms with Crippen molar-refractivity contribution in [2.24, 2.45) is 4.99 Å². The maximum Gasteiger partial charge on any atom is 0.272 e. The second kappa shape index (κ2) is 8.64. The Hall–Kier alpha value is -3.76. The third kappa shape index (κ3) is 3.73. The zero-order valence-electron chi connectivity index (χ0n) is 17.9. The van der Waals surface area contributed by atoms with Gasteiger partial charge in [0.2, 0.25) is 0 Å². The van der Waals surface area contributed by atoms with Gasteiger partial charge >= 0.3 is 0 Å². The van der Waals surface area contributed by atoms with E-state index in [4.69, 9.17) is 0 Å². The first-order chi connectivity index (χ1) is 16.1. The van der Waals surface area contributed by atoms with E-state index in [2.05, 4.69) is 30.6 Å². The van der Waals surface area contributed by atoms with Gasteiger partial charge in [-0.15, -0.1) is 0 Å². The molecule has 10 heteroatoms. The van der Waals surface area contributed by atoms with Gasteiger partial charge in [-0.05, 0) is 24.2 Å². The van der Waals surface area contributed by atoms with Gasteiger partial charge < -0.3 is 10.4 Å². The topological polar surface area (TPSA) is 121 Å². The molecular weight excluding hydrogens is 425 g/mol. The fourth-order valence-corrected chi connectivity index (χ4v) is 4.42. The number of hydrogen-bond acceptors (Lipinski definition) is 7. The summed E-state index contributed by atoms with van der Waals surface area (Å²) in [5, 5.41) is 24.5. The smallest absolute Gasteiger partial charge is 0.272 e. The third-order valence-electron chi connectivity index (χ3n) is 5.87. The SMILES string of the molecule is CNCc1ccc(C2C=Nc3cc(F)cc4c(=O)[nH]nc(c34)C2c2ncnn2CCO)cc1. The largest absolute Gasteiger partial charge is 0.394 e. The normalized spacial score (nSPS) is 17.4. The van der Waals surface area contributed by atoms with Gasteiger partial charge in [-0.3, -0.25) is 9.79 Å². The van der Waals surface area contributed by atoms with Crippen LogP contribution in [-0.2, 0) is 13.1 Å². The van der Waals surface area contributed by atoms with Gasteiger partial charge in [-0.2, -0.15) is 10.2 Å². The number of H-pyrrole nitrogens is 1. The van der Waals surface area contributed by atoms with Crippen LogP contribution >= 0.6 is 0 Å². The molecule has 0 radical (unpaired) electrons. The molecule has 2 atom stereocenters. The van der Waals surface area contributed by atoms with E-state index in [1.54, 1.807) is 10.9 Å². The number of rotatable bonds is 6. The van der Waals surface area contributed by atoms with Gasteiger partial charge in [0.05, 0.1) is 35.8 Å². The van der Waals surface area contributed by atoms with Crippen molar-refractivity contribution in [3.63, 3.8) is 0 Å². The highest BCUT2D eigenvalue weighted by atomic mass is 19.1. The third-order valence-corrected chi connectivity index (χ3v) is 5.87. The molecule has 0 spiro atoms. The number of aliphatic hydroxyl groups excluding tert-OH is 1. The van der Waals surface area contributed by atoms with Crippen molar-refractivity contribution in [2.45, 2.75) is 24.9 Å². The molecule has 4 aromatic rings. The molecule has 0 bridgehead atoms. The van der Waals surface area contributed by atoms with Crippen molar-refractivity contribution in [1.29, 1.82) is 0 Å². The van der Waals surface area contributed by atoms with Crippen LogP contribution in [0.15, 0.2) is 52.5 Å². The van der Waals surface area contributed by atoms with Gasteiger partial charge in [0, 0.05) is 30.1 Å². The van der Waals surface area contributed by atoms with E-state index in [0.717, 1.165) is 17.7 Å². The predicted molar refractivity (Wildman–Crippen MR) is 121 cm³/mol. The summed E-state index contributed by atoms with van der Waals surface area (Å²) in [6.45, 7) is 0.872. The van der Waals surface area contributed by atoms with Crippen LogP contribution in [0.2, 0.25) is 0 Å². The van der Waals surface area contributed by atoms with Crippen LogP contribution in [0.4, 0.5) is 10.1 Å². The first-order valence-electron chi connectivity index (χ1n) is 10.6. The van der Waals surface area contributed by atoms with Gasteiger partial charge in [-0.1, -0.05) is 24.3 Å². The number of nitrogens with one attached hydrogen (secondary N) is 2. The first-order valence-corrected chi connectivity index (χ1v) is 10.6. The lowest BCUT2D eigenvalue weighted by Crippen LogP contribution is -2.23. The molecule has 3 N–H and O–H groups in total. The Kier molecular flexibility index (Phi) is 5.53. The molecule has 1 aliphatic rings. The monoisotopic (exact) mass is 447 g/mol. The van der Waals surface area contributed by atoms with Crippen LogP contribution in [0.3, 0.4) is 0 Å². The number of hydrogen-bond donors (Lipinski definition) is 3. The molecular formula is C23H22FN7O2. The summed E-state index contributed by atoms with van der Waals surface area (Å²) in [6, 6.07) is 10.6. The van der Waals surface area contributed by atoms with Crippen LogP contribution in [0, 0.1) is 5.82 Å². The van der Waals surface area contributed by atoms with Crippen LogP contribution in [0.1, 0.15) is 34.5 Å². The van der Waals surface area contributed by atoms with E-state index in [1.807, 2.05) is 31.3 Å². The van der Waals surface area contributed by atoms with Gasteiger partial charge in [-0.25, -0.2) is 19.2 Å². The average molecular weight is 447 g/mol. The van der Waals surface area contributed by atoms with Crippen molar-refractivity contribution in [3.05, 3.63) is 81.5 Å². The minimum Gasteiger partial charge on any atom is -0.394 e. The summed E-state index contributed by atoms with van der Waals surface area (Å²) in [7, 11) is 1.89. The lowest BCUT2D eigenvalue weighted by atomic mass is 9.82. The van der Waals surface area contributed by atoms with Crippen LogP contribution in [0.5, 0.6) is 0 Å². The van der Waals surface area contributed by atoms with Crippen LogP contribution < -0.4 is 10.9 Å². The highest BCUT2D eigenvalue weighted by Gasteiger charge is 2.35. The first kappa shape index (κ1) is 21.1. The molecule has 168 valence electrons. The summed E-state index contributed by atoms with van der Waals surface area (Å²) in [5.74, 6) is -0.790. The van der Waals surface area contributed by atoms with Crippen molar-refractivity contribution < 1.29 is 9.50 Å². The average Bonchev–Trinajstić information content (AvgIpc) is 3.19. The second-order valence-corrected chi connectivity index (χ2v) is 7.90. The van der Waals surface area contributed by atoms with Crippen molar-refractivity contribution in [1.82, 2.24) is 30.3 Å². The molecule has 0 amide bonds. The summed E-state index contributed by atoms with van der Waals surface area (Å²) in [6.07, 6.45) is 3.17. The van der Waals surface area contributed by atoms with Crippen molar-refractivity contribution in [2.75, 3.05) is 13.7 Å². The highest BCUT2D eigenvalue weighted by Crippen LogP contribution is 2.43. The Bertz CT molecular complexity index is 1390. The predicted octanol–water partition coefficient (Wildman–Crippen LogP) is 2.00. The minimum atomic E-state index is -0.549. The molecule has 0 aliphatic carbocycles. The Balaban J connectivity index is 1.77. The fraction of sp³-hybridized carbons (Fsp3) is 0.261. The van der Waals surface area contributed by atoms with Gasteiger partial charge in [0.25, 0.3) is 5.56 Å². The number of aromatic nitrogens is 5. The Morgan fingerprint density at radius 3 is 2.82 bits per heavy atom. The number of halogens is 1. The zero-order chi connectivity index (χ0) is 22.9. The number of aliphatic hydroxyl groups is 1. The Labute approximate surface area is 188 Å². The molecule has 5 rings (SSSR count). The molecule has 2 aromatic carbocycles.